The molecule has 0 radical (unpaired) electrons. The lowest BCUT2D eigenvalue weighted by molar-refractivity contribution is -0.139. The number of carboxylic acids is 1. The van der Waals surface area contributed by atoms with E-state index in [1.54, 1.807) is 4.90 Å². The van der Waals surface area contributed by atoms with Gasteiger partial charge < -0.3 is 20.2 Å². The van der Waals surface area contributed by atoms with Gasteiger partial charge in [-0.3, -0.25) is 4.79 Å². The molecule has 114 valence electrons. The Morgan fingerprint density at radius 2 is 1.95 bits per heavy atom. The van der Waals surface area contributed by atoms with Gasteiger partial charge in [-0.1, -0.05) is 12.8 Å². The van der Waals surface area contributed by atoms with Gasteiger partial charge in [0.25, 0.3) is 0 Å². The third-order valence-corrected chi connectivity index (χ3v) is 4.40. The Bertz CT molecular complexity index is 350. The number of likely N-dealkylation sites (N-methyl/N-ethyl adjacent to an activating group) is 1. The van der Waals surface area contributed by atoms with Gasteiger partial charge in [0.05, 0.1) is 6.42 Å². The predicted octanol–water partition coefficient (Wildman–Crippen LogP) is 0.977. The number of likely N-dealkylation sites (tertiary alicyclic amines) is 1. The Labute approximate surface area is 120 Å². The summed E-state index contributed by atoms with van der Waals surface area (Å²) < 4.78 is 0. The topological polar surface area (TPSA) is 72.9 Å². The number of carbonyl (C=O) groups excluding carboxylic acids is 1. The van der Waals surface area contributed by atoms with E-state index in [9.17, 15) is 9.59 Å². The number of hydrogen-bond donors (Lipinski definition) is 2. The molecule has 0 spiro atoms. The van der Waals surface area contributed by atoms with Crippen LogP contribution in [0.25, 0.3) is 0 Å². The Balaban J connectivity index is 1.56. The van der Waals surface area contributed by atoms with E-state index in [-0.39, 0.29) is 18.4 Å². The third kappa shape index (κ3) is 4.10. The van der Waals surface area contributed by atoms with E-state index < -0.39 is 5.97 Å². The van der Waals surface area contributed by atoms with Gasteiger partial charge in [-0.2, -0.15) is 0 Å². The van der Waals surface area contributed by atoms with Crippen LogP contribution in [0.2, 0.25) is 0 Å². The molecule has 2 aliphatic rings. The standard InChI is InChI=1S/C14H25N3O3/c1-16(12-4-2-3-5-12)7-6-15-14(20)17-9-11(10-17)8-13(18)19/h11-12H,2-10H2,1H3,(H,15,20)(H,18,19). The molecule has 1 heterocycles. The van der Waals surface area contributed by atoms with Crippen molar-refractivity contribution in [3.05, 3.63) is 0 Å². The van der Waals surface area contributed by atoms with Crippen molar-refractivity contribution in [2.24, 2.45) is 5.92 Å². The third-order valence-electron chi connectivity index (χ3n) is 4.40. The van der Waals surface area contributed by atoms with Crippen molar-refractivity contribution in [3.63, 3.8) is 0 Å². The van der Waals surface area contributed by atoms with E-state index in [2.05, 4.69) is 17.3 Å². The Morgan fingerprint density at radius 1 is 1.30 bits per heavy atom. The summed E-state index contributed by atoms with van der Waals surface area (Å²) in [5, 5.41) is 11.6. The molecule has 0 bridgehead atoms. The van der Waals surface area contributed by atoms with Crippen molar-refractivity contribution in [2.75, 3.05) is 33.2 Å². The molecule has 2 amide bonds. The normalized spacial score (nSPS) is 20.2. The summed E-state index contributed by atoms with van der Waals surface area (Å²) >= 11 is 0. The van der Waals surface area contributed by atoms with E-state index in [0.717, 1.165) is 6.54 Å². The van der Waals surface area contributed by atoms with Crippen molar-refractivity contribution in [1.29, 1.82) is 0 Å². The van der Waals surface area contributed by atoms with Crippen LogP contribution in [0.15, 0.2) is 0 Å². The molecular weight excluding hydrogens is 258 g/mol. The van der Waals surface area contributed by atoms with E-state index in [1.165, 1.54) is 25.7 Å². The second kappa shape index (κ2) is 6.92. The van der Waals surface area contributed by atoms with Gasteiger partial charge in [-0.05, 0) is 19.9 Å². The minimum Gasteiger partial charge on any atom is -0.481 e. The number of carboxylic acid groups (broad SMARTS) is 1. The second-order valence-corrected chi connectivity index (χ2v) is 6.02. The van der Waals surface area contributed by atoms with E-state index in [0.29, 0.717) is 25.7 Å². The first-order chi connectivity index (χ1) is 9.56. The average molecular weight is 283 g/mol. The number of hydrogen-bond acceptors (Lipinski definition) is 3. The van der Waals surface area contributed by atoms with Crippen LogP contribution >= 0.6 is 0 Å². The maximum absolute atomic E-state index is 11.8. The summed E-state index contributed by atoms with van der Waals surface area (Å²) in [7, 11) is 2.12. The first kappa shape index (κ1) is 15.1. The molecule has 2 N–H and O–H groups in total. The molecule has 20 heavy (non-hydrogen) atoms. The average Bonchev–Trinajstić information content (AvgIpc) is 2.86. The first-order valence-corrected chi connectivity index (χ1v) is 7.51. The summed E-state index contributed by atoms with van der Waals surface area (Å²) in [6.45, 7) is 2.67. The molecule has 2 rings (SSSR count). The number of urea groups is 1. The Kier molecular flexibility index (Phi) is 5.23. The predicted molar refractivity (Wildman–Crippen MR) is 75.6 cm³/mol. The molecule has 6 nitrogen and oxygen atoms in total. The van der Waals surface area contributed by atoms with Gasteiger partial charge in [0, 0.05) is 38.1 Å². The lowest BCUT2D eigenvalue weighted by Crippen LogP contribution is -2.55. The quantitative estimate of drug-likeness (QED) is 0.762. The largest absolute Gasteiger partial charge is 0.481 e. The van der Waals surface area contributed by atoms with Crippen LogP contribution in [0, 0.1) is 5.92 Å². The fourth-order valence-corrected chi connectivity index (χ4v) is 3.09. The van der Waals surface area contributed by atoms with Crippen molar-refractivity contribution in [1.82, 2.24) is 15.1 Å². The lowest BCUT2D eigenvalue weighted by atomic mass is 9.97. The summed E-state index contributed by atoms with van der Waals surface area (Å²) in [6, 6.07) is 0.613. The molecule has 0 unspecified atom stereocenters. The summed E-state index contributed by atoms with van der Waals surface area (Å²) in [5.41, 5.74) is 0. The minimum absolute atomic E-state index is 0.0635. The SMILES string of the molecule is CN(CCNC(=O)N1CC(CC(=O)O)C1)C1CCCC1. The zero-order valence-electron chi connectivity index (χ0n) is 12.2. The number of aliphatic carboxylic acids is 1. The molecule has 2 fully saturated rings. The van der Waals surface area contributed by atoms with Crippen molar-refractivity contribution < 1.29 is 14.7 Å². The Hall–Kier alpha value is -1.30. The summed E-state index contributed by atoms with van der Waals surface area (Å²) in [6.07, 6.45) is 5.34. The molecule has 1 saturated heterocycles. The smallest absolute Gasteiger partial charge is 0.317 e. The van der Waals surface area contributed by atoms with Gasteiger partial charge in [0.1, 0.15) is 0 Å². The fourth-order valence-electron chi connectivity index (χ4n) is 3.09. The number of nitrogens with zero attached hydrogens (tertiary/aromatic N) is 2. The van der Waals surface area contributed by atoms with Gasteiger partial charge in [0.15, 0.2) is 0 Å². The zero-order valence-corrected chi connectivity index (χ0v) is 12.2. The highest BCUT2D eigenvalue weighted by molar-refractivity contribution is 5.75. The van der Waals surface area contributed by atoms with E-state index in [1.807, 2.05) is 0 Å². The van der Waals surface area contributed by atoms with Gasteiger partial charge in [-0.25, -0.2) is 4.79 Å². The van der Waals surface area contributed by atoms with Crippen LogP contribution in [0.3, 0.4) is 0 Å². The maximum atomic E-state index is 11.8. The summed E-state index contributed by atoms with van der Waals surface area (Å²) in [5.74, 6) is -0.660. The minimum atomic E-state index is -0.784. The van der Waals surface area contributed by atoms with Crippen LogP contribution in [0.1, 0.15) is 32.1 Å². The molecule has 1 aliphatic carbocycles. The highest BCUT2D eigenvalue weighted by Crippen LogP contribution is 2.22. The molecule has 1 aliphatic heterocycles. The highest BCUT2D eigenvalue weighted by Gasteiger charge is 2.31. The fraction of sp³-hybridized carbons (Fsp3) is 0.857. The van der Waals surface area contributed by atoms with Gasteiger partial charge >= 0.3 is 12.0 Å². The molecule has 0 atom stereocenters. The van der Waals surface area contributed by atoms with Crippen LogP contribution in [-0.4, -0.2) is 66.2 Å². The lowest BCUT2D eigenvalue weighted by Gasteiger charge is -2.38. The highest BCUT2D eigenvalue weighted by atomic mass is 16.4. The van der Waals surface area contributed by atoms with Crippen LogP contribution in [0.5, 0.6) is 0 Å². The van der Waals surface area contributed by atoms with Crippen molar-refractivity contribution in [2.45, 2.75) is 38.1 Å². The maximum Gasteiger partial charge on any atom is 0.317 e. The molecule has 0 aromatic rings. The number of nitrogens with one attached hydrogen (secondary N) is 1. The number of rotatable bonds is 6. The van der Waals surface area contributed by atoms with Crippen molar-refractivity contribution >= 4 is 12.0 Å². The van der Waals surface area contributed by atoms with Crippen LogP contribution in [0.4, 0.5) is 4.79 Å². The Morgan fingerprint density at radius 3 is 2.55 bits per heavy atom. The van der Waals surface area contributed by atoms with Crippen LogP contribution in [-0.2, 0) is 4.79 Å². The molecular formula is C14H25N3O3. The summed E-state index contributed by atoms with van der Waals surface area (Å²) in [4.78, 5) is 26.3. The first-order valence-electron chi connectivity index (χ1n) is 7.51. The second-order valence-electron chi connectivity index (χ2n) is 6.02. The molecule has 6 heteroatoms. The van der Waals surface area contributed by atoms with Crippen LogP contribution < -0.4 is 5.32 Å². The van der Waals surface area contributed by atoms with Crippen molar-refractivity contribution in [3.8, 4) is 0 Å². The van der Waals surface area contributed by atoms with Gasteiger partial charge in [-0.15, -0.1) is 0 Å². The molecule has 0 aromatic carbocycles. The molecule has 0 aromatic heterocycles. The van der Waals surface area contributed by atoms with Gasteiger partial charge in [0.2, 0.25) is 0 Å². The van der Waals surface area contributed by atoms with E-state index >= 15 is 0 Å². The molecule has 1 saturated carbocycles. The van der Waals surface area contributed by atoms with E-state index in [4.69, 9.17) is 5.11 Å². The number of amides is 2. The monoisotopic (exact) mass is 283 g/mol. The number of carbonyl (C=O) groups is 2. The zero-order chi connectivity index (χ0) is 14.5.